The number of ether oxygens (including phenoxy) is 1. The molecular weight excluding hydrogens is 377 g/mol. The fraction of sp³-hybridized carbons (Fsp3) is 0.235. The van der Waals surface area contributed by atoms with Gasteiger partial charge in [0.15, 0.2) is 0 Å². The number of benzene rings is 2. The Labute approximate surface area is 138 Å². The van der Waals surface area contributed by atoms with E-state index in [4.69, 9.17) is 4.74 Å². The highest BCUT2D eigenvalue weighted by Crippen LogP contribution is 2.13. The number of hydrogen-bond donors (Lipinski definition) is 1. The minimum absolute atomic E-state index is 0.0498. The monoisotopic (exact) mass is 395 g/mol. The fourth-order valence-electron chi connectivity index (χ4n) is 2.00. The lowest BCUT2D eigenvalue weighted by Crippen LogP contribution is -2.24. The normalized spacial score (nSPS) is 10.4. The van der Waals surface area contributed by atoms with Gasteiger partial charge in [0.25, 0.3) is 5.91 Å². The summed E-state index contributed by atoms with van der Waals surface area (Å²) in [4.78, 5) is 12.2. The molecule has 0 unspecified atom stereocenters. The molecule has 2 aromatic carbocycles. The summed E-state index contributed by atoms with van der Waals surface area (Å²) in [5.74, 6) is -0.0498. The molecule has 2 rings (SSSR count). The quantitative estimate of drug-likeness (QED) is 0.757. The number of amides is 1. The van der Waals surface area contributed by atoms with Crippen LogP contribution in [0.25, 0.3) is 0 Å². The Kier molecular flexibility index (Phi) is 6.20. The van der Waals surface area contributed by atoms with Gasteiger partial charge in [0.1, 0.15) is 0 Å². The first-order chi connectivity index (χ1) is 10.2. The first-order valence-electron chi connectivity index (χ1n) is 6.89. The van der Waals surface area contributed by atoms with Crippen LogP contribution in [0.4, 0.5) is 0 Å². The Hall–Kier alpha value is -1.40. The minimum Gasteiger partial charge on any atom is -0.377 e. The van der Waals surface area contributed by atoms with Crippen molar-refractivity contribution >= 4 is 28.5 Å². The second kappa shape index (κ2) is 8.14. The van der Waals surface area contributed by atoms with Crippen LogP contribution in [0.1, 0.15) is 28.4 Å². The molecule has 110 valence electrons. The molecule has 1 N–H and O–H groups in total. The van der Waals surface area contributed by atoms with Crippen molar-refractivity contribution in [2.75, 3.05) is 6.61 Å². The maximum absolute atomic E-state index is 12.2. The highest BCUT2D eigenvalue weighted by Gasteiger charge is 2.09. The van der Waals surface area contributed by atoms with Crippen LogP contribution in [0.5, 0.6) is 0 Å². The Morgan fingerprint density at radius 2 is 1.76 bits per heavy atom. The summed E-state index contributed by atoms with van der Waals surface area (Å²) in [6.07, 6.45) is 0. The summed E-state index contributed by atoms with van der Waals surface area (Å²) in [6.45, 7) is 3.74. The molecule has 0 aromatic heterocycles. The van der Waals surface area contributed by atoms with E-state index >= 15 is 0 Å². The first kappa shape index (κ1) is 16.0. The van der Waals surface area contributed by atoms with E-state index in [0.29, 0.717) is 25.3 Å². The Balaban J connectivity index is 2.03. The smallest absolute Gasteiger partial charge is 0.252 e. The van der Waals surface area contributed by atoms with Gasteiger partial charge in [-0.15, -0.1) is 0 Å². The standard InChI is InChI=1S/C17H18INO2/c1-2-21-12-14-8-4-3-7-13(14)11-19-17(20)15-9-5-6-10-16(15)18/h3-10H,2,11-12H2,1H3,(H,19,20). The molecule has 0 spiro atoms. The zero-order valence-corrected chi connectivity index (χ0v) is 14.1. The van der Waals surface area contributed by atoms with E-state index in [9.17, 15) is 4.79 Å². The van der Waals surface area contributed by atoms with Gasteiger partial charge < -0.3 is 10.1 Å². The molecule has 0 saturated heterocycles. The Bertz CT molecular complexity index is 613. The molecule has 1 amide bonds. The van der Waals surface area contributed by atoms with Gasteiger partial charge in [-0.05, 0) is 52.8 Å². The fourth-order valence-corrected chi connectivity index (χ4v) is 2.63. The molecule has 0 heterocycles. The summed E-state index contributed by atoms with van der Waals surface area (Å²) in [5, 5.41) is 2.97. The zero-order chi connectivity index (χ0) is 15.1. The number of hydrogen-bond acceptors (Lipinski definition) is 2. The van der Waals surface area contributed by atoms with Gasteiger partial charge in [-0.25, -0.2) is 0 Å². The molecule has 0 aliphatic heterocycles. The summed E-state index contributed by atoms with van der Waals surface area (Å²) < 4.78 is 6.41. The molecule has 21 heavy (non-hydrogen) atoms. The van der Waals surface area contributed by atoms with Gasteiger partial charge in [-0.3, -0.25) is 4.79 Å². The van der Waals surface area contributed by atoms with E-state index in [1.54, 1.807) is 0 Å². The number of halogens is 1. The van der Waals surface area contributed by atoms with Gasteiger partial charge in [0.05, 0.1) is 12.2 Å². The maximum Gasteiger partial charge on any atom is 0.252 e. The predicted molar refractivity (Wildman–Crippen MR) is 92.1 cm³/mol. The zero-order valence-electron chi connectivity index (χ0n) is 11.9. The van der Waals surface area contributed by atoms with E-state index in [1.807, 2.05) is 55.5 Å². The van der Waals surface area contributed by atoms with Crippen molar-refractivity contribution in [1.29, 1.82) is 0 Å². The molecule has 0 atom stereocenters. The number of nitrogens with one attached hydrogen (secondary N) is 1. The van der Waals surface area contributed by atoms with E-state index < -0.39 is 0 Å². The van der Waals surface area contributed by atoms with Crippen LogP contribution in [0.2, 0.25) is 0 Å². The molecule has 3 nitrogen and oxygen atoms in total. The van der Waals surface area contributed by atoms with Crippen LogP contribution in [0.3, 0.4) is 0 Å². The van der Waals surface area contributed by atoms with Crippen LogP contribution in [-0.2, 0) is 17.9 Å². The van der Waals surface area contributed by atoms with Crippen LogP contribution >= 0.6 is 22.6 Å². The summed E-state index contributed by atoms with van der Waals surface area (Å²) >= 11 is 2.17. The predicted octanol–water partition coefficient (Wildman–Crippen LogP) is 3.76. The Morgan fingerprint density at radius 1 is 1.10 bits per heavy atom. The van der Waals surface area contributed by atoms with Crippen LogP contribution in [-0.4, -0.2) is 12.5 Å². The highest BCUT2D eigenvalue weighted by atomic mass is 127. The van der Waals surface area contributed by atoms with Crippen molar-refractivity contribution in [3.8, 4) is 0 Å². The summed E-state index contributed by atoms with van der Waals surface area (Å²) in [6, 6.07) is 15.6. The van der Waals surface area contributed by atoms with Crippen molar-refractivity contribution in [1.82, 2.24) is 5.32 Å². The van der Waals surface area contributed by atoms with E-state index in [-0.39, 0.29) is 5.91 Å². The molecule has 2 aromatic rings. The molecule has 0 radical (unpaired) electrons. The lowest BCUT2D eigenvalue weighted by molar-refractivity contribution is 0.0949. The summed E-state index contributed by atoms with van der Waals surface area (Å²) in [7, 11) is 0. The molecule has 4 heteroatoms. The number of rotatable bonds is 6. The topological polar surface area (TPSA) is 38.3 Å². The van der Waals surface area contributed by atoms with Gasteiger partial charge in [-0.2, -0.15) is 0 Å². The third kappa shape index (κ3) is 4.54. The van der Waals surface area contributed by atoms with E-state index in [2.05, 4.69) is 27.9 Å². The molecule has 0 fully saturated rings. The van der Waals surface area contributed by atoms with Crippen LogP contribution in [0.15, 0.2) is 48.5 Å². The SMILES string of the molecule is CCOCc1ccccc1CNC(=O)c1ccccc1I. The molecule has 0 saturated carbocycles. The lowest BCUT2D eigenvalue weighted by Gasteiger charge is -2.11. The van der Waals surface area contributed by atoms with Crippen LogP contribution in [0, 0.1) is 3.57 Å². The molecular formula is C17H18INO2. The molecule has 0 aliphatic carbocycles. The van der Waals surface area contributed by atoms with Crippen molar-refractivity contribution < 1.29 is 9.53 Å². The third-order valence-electron chi connectivity index (χ3n) is 3.14. The van der Waals surface area contributed by atoms with E-state index in [0.717, 1.165) is 14.7 Å². The first-order valence-corrected chi connectivity index (χ1v) is 7.97. The second-order valence-electron chi connectivity index (χ2n) is 4.57. The van der Waals surface area contributed by atoms with Gasteiger partial charge in [0, 0.05) is 16.7 Å². The average Bonchev–Trinajstić information content (AvgIpc) is 2.52. The number of carbonyl (C=O) groups excluding carboxylic acids is 1. The van der Waals surface area contributed by atoms with Gasteiger partial charge in [0.2, 0.25) is 0 Å². The minimum atomic E-state index is -0.0498. The second-order valence-corrected chi connectivity index (χ2v) is 5.73. The summed E-state index contributed by atoms with van der Waals surface area (Å²) in [5.41, 5.74) is 2.91. The Morgan fingerprint density at radius 3 is 2.48 bits per heavy atom. The largest absolute Gasteiger partial charge is 0.377 e. The lowest BCUT2D eigenvalue weighted by atomic mass is 10.1. The van der Waals surface area contributed by atoms with Gasteiger partial charge >= 0.3 is 0 Å². The van der Waals surface area contributed by atoms with Crippen LogP contribution < -0.4 is 5.32 Å². The molecule has 0 aliphatic rings. The highest BCUT2D eigenvalue weighted by molar-refractivity contribution is 14.1. The van der Waals surface area contributed by atoms with Crippen molar-refractivity contribution in [2.24, 2.45) is 0 Å². The van der Waals surface area contributed by atoms with E-state index in [1.165, 1.54) is 0 Å². The maximum atomic E-state index is 12.2. The third-order valence-corrected chi connectivity index (χ3v) is 4.08. The molecule has 0 bridgehead atoms. The van der Waals surface area contributed by atoms with Crippen molar-refractivity contribution in [3.63, 3.8) is 0 Å². The van der Waals surface area contributed by atoms with Crippen molar-refractivity contribution in [3.05, 3.63) is 68.8 Å². The number of carbonyl (C=O) groups is 1. The average molecular weight is 395 g/mol. The van der Waals surface area contributed by atoms with Crippen molar-refractivity contribution in [2.45, 2.75) is 20.1 Å². The van der Waals surface area contributed by atoms with Gasteiger partial charge in [-0.1, -0.05) is 36.4 Å².